The molecule has 0 aliphatic carbocycles. The molecule has 44 valence electrons. The van der Waals surface area contributed by atoms with E-state index in [0.29, 0.717) is 12.5 Å². The molecule has 0 bridgehead atoms. The lowest BCUT2D eigenvalue weighted by Crippen LogP contribution is -2.09. The molecule has 2 aliphatic heterocycles. The Bertz CT molecular complexity index is 72.5. The molecule has 1 unspecified atom stereocenters. The van der Waals surface area contributed by atoms with Gasteiger partial charge in [-0.2, -0.15) is 0 Å². The monoisotopic (exact) mass is 112 g/mol. The molecule has 2 aliphatic rings. The quantitative estimate of drug-likeness (QED) is 0.453. The van der Waals surface area contributed by atoms with Crippen LogP contribution in [0.4, 0.5) is 0 Å². The van der Waals surface area contributed by atoms with Crippen LogP contribution in [-0.2, 0) is 9.47 Å². The maximum absolute atomic E-state index is 5.19. The van der Waals surface area contributed by atoms with Crippen molar-refractivity contribution in [1.82, 2.24) is 0 Å². The van der Waals surface area contributed by atoms with Gasteiger partial charge in [0, 0.05) is 12.3 Å². The molecule has 0 aromatic rings. The minimum atomic E-state index is 0.0648. The summed E-state index contributed by atoms with van der Waals surface area (Å²) in [7, 11) is 0. The van der Waals surface area contributed by atoms with Gasteiger partial charge in [-0.15, -0.1) is 0 Å². The molecule has 2 atom stereocenters. The molecule has 8 heavy (non-hydrogen) atoms. The molecule has 2 nitrogen and oxygen atoms in total. The summed E-state index contributed by atoms with van der Waals surface area (Å²) in [4.78, 5) is 0. The number of hydrogen-bond donors (Lipinski definition) is 0. The Morgan fingerprint density at radius 1 is 1.38 bits per heavy atom. The molecular weight excluding hydrogens is 104 g/mol. The van der Waals surface area contributed by atoms with E-state index >= 15 is 0 Å². The topological polar surface area (TPSA) is 18.5 Å². The zero-order chi connectivity index (χ0) is 5.40. The van der Waals surface area contributed by atoms with Crippen molar-refractivity contribution >= 4 is 0 Å². The van der Waals surface area contributed by atoms with Gasteiger partial charge < -0.3 is 9.47 Å². The average Bonchev–Trinajstić information content (AvgIpc) is 2.15. The third-order valence-corrected chi connectivity index (χ3v) is 1.63. The van der Waals surface area contributed by atoms with Crippen LogP contribution < -0.4 is 0 Å². The number of fused-ring (bicyclic) bond motifs is 1. The fourth-order valence-electron chi connectivity index (χ4n) is 1.16. The van der Waals surface area contributed by atoms with Gasteiger partial charge in [-0.25, -0.2) is 0 Å². The maximum atomic E-state index is 5.19. The van der Waals surface area contributed by atoms with Crippen molar-refractivity contribution in [2.24, 2.45) is 5.92 Å². The summed E-state index contributed by atoms with van der Waals surface area (Å²) in [5.41, 5.74) is 0. The Morgan fingerprint density at radius 3 is 3.25 bits per heavy atom. The van der Waals surface area contributed by atoms with Crippen molar-refractivity contribution < 1.29 is 9.47 Å². The van der Waals surface area contributed by atoms with Gasteiger partial charge in [0.1, 0.15) is 0 Å². The van der Waals surface area contributed by atoms with Gasteiger partial charge in [0.25, 0.3) is 0 Å². The van der Waals surface area contributed by atoms with E-state index in [1.165, 1.54) is 0 Å². The Hall–Kier alpha value is -0.0800. The third kappa shape index (κ3) is 0.565. The van der Waals surface area contributed by atoms with Crippen LogP contribution in [0.3, 0.4) is 0 Å². The smallest absolute Gasteiger partial charge is 0.161 e. The number of ether oxygens (including phenoxy) is 2. The van der Waals surface area contributed by atoms with Crippen LogP contribution in [0.15, 0.2) is 0 Å². The lowest BCUT2D eigenvalue weighted by Gasteiger charge is -2.03. The predicted molar refractivity (Wildman–Crippen MR) is 27.0 cm³/mol. The summed E-state index contributed by atoms with van der Waals surface area (Å²) >= 11 is 0. The molecule has 2 fully saturated rings. The molecule has 0 aromatic carbocycles. The average molecular weight is 112 g/mol. The van der Waals surface area contributed by atoms with Crippen LogP contribution >= 0.6 is 0 Å². The van der Waals surface area contributed by atoms with Crippen LogP contribution in [0.25, 0.3) is 0 Å². The highest BCUT2D eigenvalue weighted by Gasteiger charge is 2.33. The van der Waals surface area contributed by atoms with Crippen molar-refractivity contribution in [3.8, 4) is 0 Å². The van der Waals surface area contributed by atoms with E-state index in [2.05, 4.69) is 6.42 Å². The predicted octanol–water partition coefficient (Wildman–Crippen LogP) is 0.460. The standard InChI is InChI=1S/C6H8O2/c1-3-7-6-5(1)2-4-8-6/h5-6H,1,3-4H2/t5?,6-/m0/s1. The molecule has 0 spiro atoms. The summed E-state index contributed by atoms with van der Waals surface area (Å²) in [5.74, 6) is 0.481. The largest absolute Gasteiger partial charge is 0.352 e. The van der Waals surface area contributed by atoms with Crippen LogP contribution in [0.5, 0.6) is 0 Å². The van der Waals surface area contributed by atoms with Crippen LogP contribution in [0.1, 0.15) is 6.42 Å². The van der Waals surface area contributed by atoms with E-state index in [0.717, 1.165) is 13.0 Å². The second-order valence-corrected chi connectivity index (χ2v) is 2.15. The van der Waals surface area contributed by atoms with E-state index in [4.69, 9.17) is 9.47 Å². The first-order valence-electron chi connectivity index (χ1n) is 2.93. The lowest BCUT2D eigenvalue weighted by molar-refractivity contribution is -0.0904. The van der Waals surface area contributed by atoms with Crippen LogP contribution in [0.2, 0.25) is 0 Å². The molecule has 0 amide bonds. The van der Waals surface area contributed by atoms with E-state index in [-0.39, 0.29) is 6.29 Å². The molecule has 2 heterocycles. The first kappa shape index (κ1) is 4.77. The molecule has 0 saturated carbocycles. The molecule has 2 radical (unpaired) electrons. The highest BCUT2D eigenvalue weighted by molar-refractivity contribution is 4.87. The van der Waals surface area contributed by atoms with Crippen LogP contribution in [0, 0.1) is 12.3 Å². The molecule has 2 saturated heterocycles. The van der Waals surface area contributed by atoms with Crippen molar-refractivity contribution in [1.29, 1.82) is 0 Å². The van der Waals surface area contributed by atoms with Crippen molar-refractivity contribution in [3.63, 3.8) is 0 Å². The summed E-state index contributed by atoms with van der Waals surface area (Å²) < 4.78 is 10.3. The summed E-state index contributed by atoms with van der Waals surface area (Å²) in [6, 6.07) is 0. The first-order valence-corrected chi connectivity index (χ1v) is 2.93. The zero-order valence-electron chi connectivity index (χ0n) is 4.59. The van der Waals surface area contributed by atoms with Crippen molar-refractivity contribution in [2.45, 2.75) is 12.7 Å². The van der Waals surface area contributed by atoms with Crippen LogP contribution in [-0.4, -0.2) is 19.5 Å². The Balaban J connectivity index is 2.04. The minimum absolute atomic E-state index is 0.0648. The van der Waals surface area contributed by atoms with Gasteiger partial charge in [-0.3, -0.25) is 0 Å². The highest BCUT2D eigenvalue weighted by atomic mass is 16.7. The maximum Gasteiger partial charge on any atom is 0.161 e. The highest BCUT2D eigenvalue weighted by Crippen LogP contribution is 2.29. The van der Waals surface area contributed by atoms with Crippen molar-refractivity contribution in [3.05, 3.63) is 6.42 Å². The Kier molecular flexibility index (Phi) is 1.02. The van der Waals surface area contributed by atoms with E-state index in [1.54, 1.807) is 0 Å². The zero-order valence-corrected chi connectivity index (χ0v) is 4.59. The molecule has 0 N–H and O–H groups in total. The SMILES string of the molecule is [C]1CO[C@@H]2OCCC12. The number of rotatable bonds is 0. The molecule has 0 aromatic heterocycles. The van der Waals surface area contributed by atoms with Gasteiger partial charge in [-0.1, -0.05) is 0 Å². The number of hydrogen-bond acceptors (Lipinski definition) is 2. The normalized spacial score (nSPS) is 45.0. The molecular formula is C6H8O2. The molecule has 2 rings (SSSR count). The Morgan fingerprint density at radius 2 is 2.38 bits per heavy atom. The summed E-state index contributed by atoms with van der Waals surface area (Å²) in [6.07, 6.45) is 4.34. The van der Waals surface area contributed by atoms with Gasteiger partial charge in [0.15, 0.2) is 6.29 Å². The van der Waals surface area contributed by atoms with E-state index in [1.807, 2.05) is 0 Å². The summed E-state index contributed by atoms with van der Waals surface area (Å²) in [5, 5.41) is 0. The van der Waals surface area contributed by atoms with Gasteiger partial charge in [-0.05, 0) is 6.42 Å². The van der Waals surface area contributed by atoms with E-state index in [9.17, 15) is 0 Å². The lowest BCUT2D eigenvalue weighted by atomic mass is 10.1. The fourth-order valence-corrected chi connectivity index (χ4v) is 1.16. The first-order chi connectivity index (χ1) is 3.97. The van der Waals surface area contributed by atoms with Crippen molar-refractivity contribution in [2.75, 3.05) is 13.2 Å². The Labute approximate surface area is 48.8 Å². The second-order valence-electron chi connectivity index (χ2n) is 2.15. The van der Waals surface area contributed by atoms with Gasteiger partial charge in [0.05, 0.1) is 13.2 Å². The third-order valence-electron chi connectivity index (χ3n) is 1.63. The second kappa shape index (κ2) is 1.71. The van der Waals surface area contributed by atoms with Gasteiger partial charge in [0.2, 0.25) is 0 Å². The minimum Gasteiger partial charge on any atom is -0.352 e. The van der Waals surface area contributed by atoms with Gasteiger partial charge >= 0.3 is 0 Å². The summed E-state index contributed by atoms with van der Waals surface area (Å²) in [6.45, 7) is 1.51. The van der Waals surface area contributed by atoms with E-state index < -0.39 is 0 Å². The fraction of sp³-hybridized carbons (Fsp3) is 0.833. The molecule has 2 heteroatoms.